The second-order valence-electron chi connectivity index (χ2n) is 10.9. The molecule has 2 aliphatic heterocycles. The van der Waals surface area contributed by atoms with Crippen LogP contribution in [0.15, 0.2) is 53.6 Å². The van der Waals surface area contributed by atoms with E-state index in [9.17, 15) is 20.1 Å². The van der Waals surface area contributed by atoms with Gasteiger partial charge in [-0.25, -0.2) is 0 Å². The van der Waals surface area contributed by atoms with Gasteiger partial charge in [-0.3, -0.25) is 4.79 Å². The molecule has 0 radical (unpaired) electrons. The van der Waals surface area contributed by atoms with E-state index in [0.717, 1.165) is 30.4 Å². The number of carbonyl (C=O) groups excluding carboxylic acids is 1. The molecule has 4 rings (SSSR count). The summed E-state index contributed by atoms with van der Waals surface area (Å²) in [5.74, 6) is 0.636. The number of phenols is 2. The lowest BCUT2D eigenvalue weighted by atomic mass is 9.84. The molecule has 0 bridgehead atoms. The minimum atomic E-state index is -0.812. The van der Waals surface area contributed by atoms with E-state index in [2.05, 4.69) is 32.9 Å². The number of rotatable bonds is 9. The van der Waals surface area contributed by atoms with Crippen LogP contribution < -0.4 is 4.74 Å². The van der Waals surface area contributed by atoms with E-state index in [0.29, 0.717) is 42.8 Å². The Labute approximate surface area is 219 Å². The van der Waals surface area contributed by atoms with Crippen LogP contribution in [0.5, 0.6) is 17.2 Å². The fourth-order valence-electron chi connectivity index (χ4n) is 5.16. The van der Waals surface area contributed by atoms with E-state index < -0.39 is 11.7 Å². The second kappa shape index (κ2) is 11.0. The first-order chi connectivity index (χ1) is 17.6. The van der Waals surface area contributed by atoms with Crippen molar-refractivity contribution in [2.24, 2.45) is 0 Å². The van der Waals surface area contributed by atoms with Gasteiger partial charge in [-0.05, 0) is 83.6 Å². The molecule has 2 unspecified atom stereocenters. The van der Waals surface area contributed by atoms with Crippen LogP contribution in [0.4, 0.5) is 0 Å². The van der Waals surface area contributed by atoms with Crippen molar-refractivity contribution < 1.29 is 24.9 Å². The number of nitrogens with zero attached hydrogens (tertiary/aromatic N) is 1. The van der Waals surface area contributed by atoms with E-state index in [-0.39, 0.29) is 23.8 Å². The first kappa shape index (κ1) is 26.8. The number of aromatic hydroxyl groups is 2. The van der Waals surface area contributed by atoms with Gasteiger partial charge in [-0.15, -0.1) is 0 Å². The number of hydrogen-bond acceptors (Lipinski definition) is 5. The van der Waals surface area contributed by atoms with Gasteiger partial charge in [-0.2, -0.15) is 0 Å². The second-order valence-corrected chi connectivity index (χ2v) is 10.9. The summed E-state index contributed by atoms with van der Waals surface area (Å²) in [4.78, 5) is 14.9. The highest BCUT2D eigenvalue weighted by atomic mass is 16.5. The van der Waals surface area contributed by atoms with Gasteiger partial charge < -0.3 is 25.0 Å². The van der Waals surface area contributed by atoms with Crippen LogP contribution >= 0.6 is 0 Å². The van der Waals surface area contributed by atoms with Gasteiger partial charge in [-0.1, -0.05) is 35.4 Å². The molecule has 2 heterocycles. The lowest BCUT2D eigenvalue weighted by molar-refractivity contribution is -0.0599. The molecule has 2 atom stereocenters. The zero-order chi connectivity index (χ0) is 26.7. The van der Waals surface area contributed by atoms with E-state index in [1.807, 2.05) is 19.1 Å². The standard InChI is InChI=1S/C31H39NO5/c1-20(2)7-5-8-21(3)9-6-15-31(4)28(35)18-25-27(34)17-24-26(29(25)37-31)19-32(30(24)36)16-14-22-10-12-23(33)13-11-22/h7,9-13,17,28,33-35H,5-6,8,14-16,18-19H2,1-4H3. The Kier molecular flexibility index (Phi) is 7.98. The van der Waals surface area contributed by atoms with Crippen LogP contribution in [-0.4, -0.2) is 44.4 Å². The summed E-state index contributed by atoms with van der Waals surface area (Å²) in [6.45, 7) is 9.20. The molecular formula is C31H39NO5. The number of ether oxygens (including phenoxy) is 1. The molecule has 2 aromatic rings. The molecule has 3 N–H and O–H groups in total. The lowest BCUT2D eigenvalue weighted by Gasteiger charge is -2.40. The summed E-state index contributed by atoms with van der Waals surface area (Å²) < 4.78 is 6.47. The fraction of sp³-hybridized carbons (Fsp3) is 0.452. The Bertz CT molecular complexity index is 1210. The van der Waals surface area contributed by atoms with Crippen molar-refractivity contribution in [1.29, 1.82) is 0 Å². The first-order valence-electron chi connectivity index (χ1n) is 13.2. The van der Waals surface area contributed by atoms with E-state index in [1.54, 1.807) is 17.0 Å². The Morgan fingerprint density at radius 3 is 2.54 bits per heavy atom. The van der Waals surface area contributed by atoms with Crippen LogP contribution in [0.2, 0.25) is 0 Å². The zero-order valence-electron chi connectivity index (χ0n) is 22.4. The number of amides is 1. The fourth-order valence-corrected chi connectivity index (χ4v) is 5.16. The topological polar surface area (TPSA) is 90.2 Å². The highest BCUT2D eigenvalue weighted by molar-refractivity contribution is 6.00. The van der Waals surface area contributed by atoms with Gasteiger partial charge in [0.05, 0.1) is 18.2 Å². The molecule has 2 aromatic carbocycles. The zero-order valence-corrected chi connectivity index (χ0v) is 22.4. The minimum Gasteiger partial charge on any atom is -0.508 e. The van der Waals surface area contributed by atoms with Gasteiger partial charge in [0.1, 0.15) is 22.8 Å². The minimum absolute atomic E-state index is 0.00130. The largest absolute Gasteiger partial charge is 0.508 e. The molecule has 1 amide bonds. The average Bonchev–Trinajstić information content (AvgIpc) is 3.15. The molecule has 0 aromatic heterocycles. The maximum absolute atomic E-state index is 13.2. The number of benzene rings is 2. The maximum atomic E-state index is 13.2. The van der Waals surface area contributed by atoms with Gasteiger partial charge >= 0.3 is 0 Å². The number of allylic oxidation sites excluding steroid dienone is 4. The monoisotopic (exact) mass is 505 g/mol. The molecule has 2 aliphatic rings. The molecular weight excluding hydrogens is 466 g/mol. The third-order valence-corrected chi connectivity index (χ3v) is 7.60. The highest BCUT2D eigenvalue weighted by Crippen LogP contribution is 2.46. The molecule has 0 fully saturated rings. The molecule has 0 saturated carbocycles. The molecule has 0 aliphatic carbocycles. The van der Waals surface area contributed by atoms with E-state index >= 15 is 0 Å². The number of aliphatic hydroxyl groups is 1. The van der Waals surface area contributed by atoms with Crippen LogP contribution in [0.25, 0.3) is 0 Å². The third kappa shape index (κ3) is 6.02. The van der Waals surface area contributed by atoms with Crippen molar-refractivity contribution in [1.82, 2.24) is 4.90 Å². The highest BCUT2D eigenvalue weighted by Gasteiger charge is 2.44. The normalized spacial score (nSPS) is 20.9. The Morgan fingerprint density at radius 2 is 1.84 bits per heavy atom. The molecule has 37 heavy (non-hydrogen) atoms. The van der Waals surface area contributed by atoms with Crippen molar-refractivity contribution >= 4 is 5.91 Å². The van der Waals surface area contributed by atoms with Crippen molar-refractivity contribution in [2.75, 3.05) is 6.54 Å². The average molecular weight is 506 g/mol. The van der Waals surface area contributed by atoms with Crippen molar-refractivity contribution in [2.45, 2.75) is 84.5 Å². The predicted molar refractivity (Wildman–Crippen MR) is 145 cm³/mol. The van der Waals surface area contributed by atoms with Crippen LogP contribution in [0, 0.1) is 0 Å². The van der Waals surface area contributed by atoms with Crippen LogP contribution in [0.1, 0.15) is 80.4 Å². The third-order valence-electron chi connectivity index (χ3n) is 7.60. The molecule has 6 heteroatoms. The summed E-state index contributed by atoms with van der Waals surface area (Å²) in [6.07, 6.45) is 8.10. The van der Waals surface area contributed by atoms with Gasteiger partial charge in [0.25, 0.3) is 5.91 Å². The van der Waals surface area contributed by atoms with Gasteiger partial charge in [0.2, 0.25) is 0 Å². The summed E-state index contributed by atoms with van der Waals surface area (Å²) in [7, 11) is 0. The Balaban J connectivity index is 1.47. The Hall–Kier alpha value is -3.25. The Morgan fingerprint density at radius 1 is 1.11 bits per heavy atom. The van der Waals surface area contributed by atoms with Crippen molar-refractivity contribution in [3.05, 3.63) is 75.9 Å². The van der Waals surface area contributed by atoms with Gasteiger partial charge in [0.15, 0.2) is 0 Å². The summed E-state index contributed by atoms with van der Waals surface area (Å²) in [5, 5.41) is 31.2. The number of phenolic OH excluding ortho intramolecular Hbond substituents is 2. The number of carbonyl (C=O) groups is 1. The summed E-state index contributed by atoms with van der Waals surface area (Å²) in [5.41, 5.74) is 4.69. The molecule has 0 spiro atoms. The molecule has 198 valence electrons. The summed E-state index contributed by atoms with van der Waals surface area (Å²) in [6, 6.07) is 8.51. The SMILES string of the molecule is CC(C)=CCCC(C)=CCCC1(C)Oc2c(c(O)cc3c2CN(CCc2ccc(O)cc2)C3=O)CC1O. The van der Waals surface area contributed by atoms with Crippen LogP contribution in [-0.2, 0) is 19.4 Å². The molecule has 0 saturated heterocycles. The maximum Gasteiger partial charge on any atom is 0.254 e. The molecule has 6 nitrogen and oxygen atoms in total. The lowest BCUT2D eigenvalue weighted by Crippen LogP contribution is -2.49. The number of hydrogen-bond donors (Lipinski definition) is 3. The predicted octanol–water partition coefficient (Wildman–Crippen LogP) is 5.82. The van der Waals surface area contributed by atoms with E-state index in [1.165, 1.54) is 17.2 Å². The van der Waals surface area contributed by atoms with Gasteiger partial charge in [0, 0.05) is 24.1 Å². The number of fused-ring (bicyclic) bond motifs is 3. The quantitative estimate of drug-likeness (QED) is 0.374. The van der Waals surface area contributed by atoms with Crippen molar-refractivity contribution in [3.63, 3.8) is 0 Å². The first-order valence-corrected chi connectivity index (χ1v) is 13.2. The van der Waals surface area contributed by atoms with E-state index in [4.69, 9.17) is 4.74 Å². The number of aliphatic hydroxyl groups excluding tert-OH is 1. The van der Waals surface area contributed by atoms with Crippen molar-refractivity contribution in [3.8, 4) is 17.2 Å². The summed E-state index contributed by atoms with van der Waals surface area (Å²) >= 11 is 0. The van der Waals surface area contributed by atoms with Crippen LogP contribution in [0.3, 0.4) is 0 Å². The smallest absolute Gasteiger partial charge is 0.254 e.